The Labute approximate surface area is 181 Å². The molecule has 3 aromatic rings. The molecule has 0 radical (unpaired) electrons. The first-order chi connectivity index (χ1) is 14.9. The molecule has 2 heterocycles. The fourth-order valence-electron chi connectivity index (χ4n) is 5.17. The highest BCUT2D eigenvalue weighted by atomic mass is 16.2. The zero-order chi connectivity index (χ0) is 21.8. The third-order valence-electron chi connectivity index (χ3n) is 6.54. The lowest BCUT2D eigenvalue weighted by Gasteiger charge is -2.47. The van der Waals surface area contributed by atoms with E-state index in [9.17, 15) is 9.59 Å². The van der Waals surface area contributed by atoms with Crippen LogP contribution in [0.2, 0.25) is 0 Å². The van der Waals surface area contributed by atoms with Gasteiger partial charge in [-0.05, 0) is 19.1 Å². The molecular weight excluding hydrogens is 388 g/mol. The molecule has 156 valence electrons. The molecule has 4 amide bonds. The number of benzene rings is 3. The largest absolute Gasteiger partial charge is 0.326 e. The van der Waals surface area contributed by atoms with Gasteiger partial charge in [-0.15, -0.1) is 0 Å². The van der Waals surface area contributed by atoms with Crippen LogP contribution < -0.4 is 10.2 Å². The molecule has 2 fully saturated rings. The summed E-state index contributed by atoms with van der Waals surface area (Å²) in [5, 5.41) is 3.21. The van der Waals surface area contributed by atoms with E-state index in [0.29, 0.717) is 0 Å². The molecule has 2 atom stereocenters. The van der Waals surface area contributed by atoms with Crippen molar-refractivity contribution in [2.24, 2.45) is 0 Å². The lowest BCUT2D eigenvalue weighted by atomic mass is 9.80. The van der Waals surface area contributed by atoms with Gasteiger partial charge in [-0.1, -0.05) is 78.4 Å². The smallest absolute Gasteiger partial charge is 0.307 e. The molecule has 2 saturated heterocycles. The second kappa shape index (κ2) is 6.60. The third-order valence-corrected chi connectivity index (χ3v) is 6.54. The number of carbonyl (C=O) groups is 2. The van der Waals surface area contributed by atoms with Crippen LogP contribution in [-0.4, -0.2) is 36.0 Å². The van der Waals surface area contributed by atoms with Gasteiger partial charge in [0.1, 0.15) is 0 Å². The molecule has 2 aliphatic heterocycles. The number of rotatable bonds is 3. The predicted molar refractivity (Wildman–Crippen MR) is 119 cm³/mol. The second-order valence-corrected chi connectivity index (χ2v) is 8.12. The van der Waals surface area contributed by atoms with Crippen molar-refractivity contribution < 1.29 is 9.59 Å². The van der Waals surface area contributed by atoms with E-state index in [2.05, 4.69) is 5.32 Å². The van der Waals surface area contributed by atoms with Crippen LogP contribution >= 0.6 is 0 Å². The molecule has 6 heteroatoms. The van der Waals surface area contributed by atoms with Gasteiger partial charge in [0.25, 0.3) is 0 Å². The van der Waals surface area contributed by atoms with Gasteiger partial charge in [0.15, 0.2) is 11.3 Å². The van der Waals surface area contributed by atoms with Crippen LogP contribution in [0, 0.1) is 6.92 Å². The summed E-state index contributed by atoms with van der Waals surface area (Å²) in [7, 11) is 3.51. The van der Waals surface area contributed by atoms with Crippen LogP contribution in [0.5, 0.6) is 0 Å². The molecule has 5 rings (SSSR count). The van der Waals surface area contributed by atoms with Crippen molar-refractivity contribution in [3.63, 3.8) is 0 Å². The van der Waals surface area contributed by atoms with Gasteiger partial charge < -0.3 is 5.32 Å². The number of urea groups is 2. The molecule has 0 aromatic heterocycles. The normalized spacial score (nSPS) is 25.1. The van der Waals surface area contributed by atoms with Crippen molar-refractivity contribution in [3.8, 4) is 0 Å². The molecule has 2 aliphatic rings. The van der Waals surface area contributed by atoms with Gasteiger partial charge in [-0.25, -0.2) is 9.59 Å². The number of fused-ring (bicyclic) bond motifs is 1. The van der Waals surface area contributed by atoms with E-state index in [1.807, 2.05) is 91.9 Å². The molecule has 0 aliphatic carbocycles. The minimum Gasteiger partial charge on any atom is -0.307 e. The van der Waals surface area contributed by atoms with E-state index in [1.54, 1.807) is 28.8 Å². The van der Waals surface area contributed by atoms with Crippen LogP contribution in [0.4, 0.5) is 15.3 Å². The number of hydrogen-bond acceptors (Lipinski definition) is 2. The molecule has 31 heavy (non-hydrogen) atoms. The Bertz CT molecular complexity index is 1150. The van der Waals surface area contributed by atoms with Gasteiger partial charge in [-0.3, -0.25) is 14.7 Å². The van der Waals surface area contributed by atoms with Crippen LogP contribution in [0.3, 0.4) is 0 Å². The van der Waals surface area contributed by atoms with Crippen LogP contribution in [0.15, 0.2) is 84.9 Å². The standard InChI is InChI=1S/C25H24N4O2/c1-18-14-16-21(17-15-18)29-22(30)26-24(19-10-6-4-7-11-19)25(29,20-12-8-5-9-13-20)28(3)23(31)27(24)2/h4-17H,1-3H3,(H,26,30)/t24-,25-/m1/s1. The van der Waals surface area contributed by atoms with Gasteiger partial charge >= 0.3 is 12.1 Å². The maximum Gasteiger partial charge on any atom is 0.326 e. The monoisotopic (exact) mass is 412 g/mol. The molecule has 0 unspecified atom stereocenters. The predicted octanol–water partition coefficient (Wildman–Crippen LogP) is 4.23. The number of anilines is 1. The van der Waals surface area contributed by atoms with E-state index in [1.165, 1.54) is 0 Å². The van der Waals surface area contributed by atoms with Crippen LogP contribution in [0.1, 0.15) is 16.7 Å². The summed E-state index contributed by atoms with van der Waals surface area (Å²) in [4.78, 5) is 32.2. The SMILES string of the molecule is Cc1ccc(N2C(=O)N[C@]3(c4ccccc4)N(C)C(=O)N(C)[C@]23c2ccccc2)cc1. The lowest BCUT2D eigenvalue weighted by Crippen LogP contribution is -2.62. The van der Waals surface area contributed by atoms with E-state index >= 15 is 0 Å². The number of likely N-dealkylation sites (N-methyl/N-ethyl adjacent to an activating group) is 2. The molecule has 0 spiro atoms. The maximum atomic E-state index is 13.7. The van der Waals surface area contributed by atoms with Crippen molar-refractivity contribution in [2.45, 2.75) is 18.2 Å². The maximum absolute atomic E-state index is 13.7. The van der Waals surface area contributed by atoms with E-state index in [0.717, 1.165) is 22.4 Å². The summed E-state index contributed by atoms with van der Waals surface area (Å²) in [5.74, 6) is 0. The Morgan fingerprint density at radius 2 is 1.26 bits per heavy atom. The summed E-state index contributed by atoms with van der Waals surface area (Å²) in [6, 6.07) is 26.8. The molecule has 1 N–H and O–H groups in total. The minimum absolute atomic E-state index is 0.176. The molecule has 0 bridgehead atoms. The van der Waals surface area contributed by atoms with Crippen molar-refractivity contribution in [2.75, 3.05) is 19.0 Å². The number of aryl methyl sites for hydroxylation is 1. The lowest BCUT2D eigenvalue weighted by molar-refractivity contribution is 0.0784. The quantitative estimate of drug-likeness (QED) is 0.700. The Hall–Kier alpha value is -3.80. The van der Waals surface area contributed by atoms with Crippen LogP contribution in [-0.2, 0) is 11.3 Å². The van der Waals surface area contributed by atoms with Crippen LogP contribution in [0.25, 0.3) is 0 Å². The van der Waals surface area contributed by atoms with Gasteiger partial charge in [0, 0.05) is 30.9 Å². The van der Waals surface area contributed by atoms with Crippen molar-refractivity contribution in [1.82, 2.24) is 15.1 Å². The number of hydrogen-bond donors (Lipinski definition) is 1. The first-order valence-corrected chi connectivity index (χ1v) is 10.3. The molecular formula is C25H24N4O2. The first kappa shape index (κ1) is 19.2. The van der Waals surface area contributed by atoms with Gasteiger partial charge in [0.2, 0.25) is 0 Å². The fraction of sp³-hybridized carbons (Fsp3) is 0.200. The minimum atomic E-state index is -1.13. The summed E-state index contributed by atoms with van der Waals surface area (Å²) in [6.45, 7) is 2.01. The Morgan fingerprint density at radius 1 is 0.710 bits per heavy atom. The van der Waals surface area contributed by atoms with Gasteiger partial charge in [0.05, 0.1) is 0 Å². The number of nitrogens with zero attached hydrogens (tertiary/aromatic N) is 3. The van der Waals surface area contributed by atoms with E-state index in [-0.39, 0.29) is 12.1 Å². The Kier molecular flexibility index (Phi) is 4.09. The Balaban J connectivity index is 1.90. The highest BCUT2D eigenvalue weighted by Gasteiger charge is 2.75. The highest BCUT2D eigenvalue weighted by Crippen LogP contribution is 2.57. The summed E-state index contributed by atoms with van der Waals surface area (Å²) in [5.41, 5.74) is 1.25. The third kappa shape index (κ3) is 2.27. The summed E-state index contributed by atoms with van der Waals surface area (Å²) >= 11 is 0. The van der Waals surface area contributed by atoms with Crippen molar-refractivity contribution in [1.29, 1.82) is 0 Å². The average molecular weight is 412 g/mol. The fourth-order valence-corrected chi connectivity index (χ4v) is 5.17. The summed E-state index contributed by atoms with van der Waals surface area (Å²) < 4.78 is 0. The zero-order valence-corrected chi connectivity index (χ0v) is 17.7. The molecule has 3 aromatic carbocycles. The summed E-state index contributed by atoms with van der Waals surface area (Å²) in [6.07, 6.45) is 0. The zero-order valence-electron chi connectivity index (χ0n) is 17.7. The average Bonchev–Trinajstić information content (AvgIpc) is 3.17. The van der Waals surface area contributed by atoms with Crippen molar-refractivity contribution >= 4 is 17.7 Å². The second-order valence-electron chi connectivity index (χ2n) is 8.12. The number of nitrogens with one attached hydrogen (secondary N) is 1. The Morgan fingerprint density at radius 3 is 1.84 bits per heavy atom. The van der Waals surface area contributed by atoms with Gasteiger partial charge in [-0.2, -0.15) is 0 Å². The van der Waals surface area contributed by atoms with E-state index in [4.69, 9.17) is 0 Å². The van der Waals surface area contributed by atoms with E-state index < -0.39 is 11.3 Å². The number of carbonyl (C=O) groups excluding carboxylic acids is 2. The first-order valence-electron chi connectivity index (χ1n) is 10.3. The molecule has 0 saturated carbocycles. The topological polar surface area (TPSA) is 55.9 Å². The van der Waals surface area contributed by atoms with Crippen molar-refractivity contribution in [3.05, 3.63) is 102 Å². The molecule has 6 nitrogen and oxygen atoms in total. The highest BCUT2D eigenvalue weighted by molar-refractivity contribution is 6.01. The number of amides is 4.